The number of thiophene rings is 1. The molecule has 28 heavy (non-hydrogen) atoms. The molecule has 0 aliphatic carbocycles. The average molecular weight is 564 g/mol. The third-order valence-corrected chi connectivity index (χ3v) is 7.58. The quantitative estimate of drug-likeness (QED) is 0.335. The van der Waals surface area contributed by atoms with Crippen LogP contribution in [0.5, 0.6) is 0 Å². The molecule has 0 saturated carbocycles. The number of benzene rings is 2. The van der Waals surface area contributed by atoms with Crippen LogP contribution >= 0.6 is 62.2 Å². The van der Waals surface area contributed by atoms with Crippen LogP contribution < -0.4 is 5.32 Å². The molecule has 2 N–H and O–H groups in total. The van der Waals surface area contributed by atoms with Gasteiger partial charge < -0.3 is 10.2 Å². The second-order valence-corrected chi connectivity index (χ2v) is 11.8. The van der Waals surface area contributed by atoms with E-state index in [9.17, 15) is 14.3 Å². The third-order valence-electron chi connectivity index (χ3n) is 3.97. The molecule has 2 unspecified atom stereocenters. The molecule has 1 amide bonds. The molecule has 0 aliphatic heterocycles. The van der Waals surface area contributed by atoms with Crippen LogP contribution in [-0.4, -0.2) is 17.5 Å². The van der Waals surface area contributed by atoms with E-state index in [2.05, 4.69) is 37.2 Å². The Morgan fingerprint density at radius 1 is 1.25 bits per heavy atom. The predicted molar refractivity (Wildman–Crippen MR) is 124 cm³/mol. The van der Waals surface area contributed by atoms with Crippen molar-refractivity contribution in [2.24, 2.45) is 0 Å². The molecular formula is C19H15Br2ClNO3PS. The van der Waals surface area contributed by atoms with Crippen LogP contribution in [0.2, 0.25) is 5.02 Å². The summed E-state index contributed by atoms with van der Waals surface area (Å²) in [5.74, 6) is -0.543. The van der Waals surface area contributed by atoms with Gasteiger partial charge in [-0.3, -0.25) is 9.36 Å². The minimum Gasteiger partial charge on any atom is -0.344 e. The summed E-state index contributed by atoms with van der Waals surface area (Å²) < 4.78 is 15.2. The van der Waals surface area contributed by atoms with Crippen LogP contribution in [0.3, 0.4) is 0 Å². The Balaban J connectivity index is 1.89. The number of carbonyl (C=O) groups is 1. The molecule has 3 rings (SSSR count). The van der Waals surface area contributed by atoms with Crippen molar-refractivity contribution < 1.29 is 14.3 Å². The van der Waals surface area contributed by atoms with Crippen molar-refractivity contribution in [2.45, 2.75) is 5.66 Å². The number of hydrogen-bond acceptors (Lipinski definition) is 3. The zero-order chi connectivity index (χ0) is 20.5. The number of nitrogens with one attached hydrogen (secondary N) is 1. The van der Waals surface area contributed by atoms with Crippen molar-refractivity contribution in [1.29, 1.82) is 0 Å². The minimum atomic E-state index is -3.77. The predicted octanol–water partition coefficient (Wildman–Crippen LogP) is 6.81. The highest BCUT2D eigenvalue weighted by atomic mass is 79.9. The minimum absolute atomic E-state index is 0.506. The first kappa shape index (κ1) is 21.8. The summed E-state index contributed by atoms with van der Waals surface area (Å²) in [5, 5.41) is 5.60. The molecule has 0 radical (unpaired) electrons. The highest BCUT2D eigenvalue weighted by Gasteiger charge is 2.36. The molecule has 3 aromatic rings. The van der Waals surface area contributed by atoms with Gasteiger partial charge in [0.1, 0.15) is 5.66 Å². The smallest absolute Gasteiger partial charge is 0.241 e. The Morgan fingerprint density at radius 2 is 1.93 bits per heavy atom. The third kappa shape index (κ3) is 5.15. The lowest BCUT2D eigenvalue weighted by molar-refractivity contribution is -0.120. The summed E-state index contributed by atoms with van der Waals surface area (Å²) in [6.07, 6.45) is 3.19. The molecule has 2 atom stereocenters. The molecule has 0 aliphatic rings. The fourth-order valence-electron chi connectivity index (χ4n) is 2.82. The molecule has 9 heteroatoms. The van der Waals surface area contributed by atoms with Gasteiger partial charge in [-0.25, -0.2) is 0 Å². The van der Waals surface area contributed by atoms with Gasteiger partial charge in [0.15, 0.2) is 0 Å². The van der Waals surface area contributed by atoms with Crippen molar-refractivity contribution in [3.8, 4) is 0 Å². The fourth-order valence-corrected chi connectivity index (χ4v) is 6.63. The SMILES string of the molecule is CP(=O)(O)C(C(=O)NC=Cc1cc(Br)cc(Br)c1)c1csc2ccc(Cl)cc12. The maximum atomic E-state index is 12.8. The van der Waals surface area contributed by atoms with Crippen LogP contribution in [-0.2, 0) is 9.36 Å². The van der Waals surface area contributed by atoms with Crippen LogP contribution in [0.15, 0.2) is 56.9 Å². The second-order valence-electron chi connectivity index (χ2n) is 6.22. The van der Waals surface area contributed by atoms with Gasteiger partial charge >= 0.3 is 0 Å². The van der Waals surface area contributed by atoms with Crippen molar-refractivity contribution in [3.63, 3.8) is 0 Å². The maximum Gasteiger partial charge on any atom is 0.241 e. The molecule has 0 saturated heterocycles. The van der Waals surface area contributed by atoms with Crippen molar-refractivity contribution in [2.75, 3.05) is 6.66 Å². The Bertz CT molecular complexity index is 1110. The monoisotopic (exact) mass is 561 g/mol. The van der Waals surface area contributed by atoms with E-state index in [4.69, 9.17) is 11.6 Å². The maximum absolute atomic E-state index is 12.8. The summed E-state index contributed by atoms with van der Waals surface area (Å²) >= 11 is 14.3. The van der Waals surface area contributed by atoms with Gasteiger partial charge in [-0.05, 0) is 64.4 Å². The van der Waals surface area contributed by atoms with E-state index in [1.54, 1.807) is 23.6 Å². The van der Waals surface area contributed by atoms with Gasteiger partial charge in [0.2, 0.25) is 13.3 Å². The van der Waals surface area contributed by atoms with E-state index in [-0.39, 0.29) is 0 Å². The van der Waals surface area contributed by atoms with Crippen molar-refractivity contribution >= 4 is 84.2 Å². The van der Waals surface area contributed by atoms with Crippen molar-refractivity contribution in [3.05, 3.63) is 73.1 Å². The summed E-state index contributed by atoms with van der Waals surface area (Å²) in [5.41, 5.74) is 0.181. The Morgan fingerprint density at radius 3 is 2.57 bits per heavy atom. The van der Waals surface area contributed by atoms with E-state index in [0.717, 1.165) is 19.2 Å². The summed E-state index contributed by atoms with van der Waals surface area (Å²) in [6, 6.07) is 11.0. The summed E-state index contributed by atoms with van der Waals surface area (Å²) in [6.45, 7) is 1.19. The highest BCUT2D eigenvalue weighted by Crippen LogP contribution is 2.54. The average Bonchev–Trinajstić information content (AvgIpc) is 2.95. The molecule has 1 aromatic heterocycles. The van der Waals surface area contributed by atoms with Gasteiger partial charge in [-0.1, -0.05) is 43.5 Å². The molecule has 0 spiro atoms. The van der Waals surface area contributed by atoms with Gasteiger partial charge in [0, 0.05) is 31.5 Å². The van der Waals surface area contributed by atoms with E-state index >= 15 is 0 Å². The Labute approximate surface area is 188 Å². The van der Waals surface area contributed by atoms with E-state index < -0.39 is 18.9 Å². The number of amides is 1. The lowest BCUT2D eigenvalue weighted by Crippen LogP contribution is -2.25. The molecule has 0 bridgehead atoms. The molecular weight excluding hydrogens is 549 g/mol. The number of carbonyl (C=O) groups excluding carboxylic acids is 1. The number of hydrogen-bond donors (Lipinski definition) is 2. The fraction of sp³-hybridized carbons (Fsp3) is 0.105. The highest BCUT2D eigenvalue weighted by molar-refractivity contribution is 9.11. The van der Waals surface area contributed by atoms with Gasteiger partial charge in [0.25, 0.3) is 0 Å². The molecule has 146 valence electrons. The van der Waals surface area contributed by atoms with Crippen molar-refractivity contribution in [1.82, 2.24) is 5.32 Å². The van der Waals surface area contributed by atoms with Crippen LogP contribution in [0.4, 0.5) is 0 Å². The Kier molecular flexibility index (Phi) is 6.85. The normalized spacial score (nSPS) is 14.9. The molecule has 2 aromatic carbocycles. The zero-order valence-electron chi connectivity index (χ0n) is 14.5. The van der Waals surface area contributed by atoms with Gasteiger partial charge in [-0.2, -0.15) is 0 Å². The van der Waals surface area contributed by atoms with E-state index in [1.807, 2.05) is 24.3 Å². The van der Waals surface area contributed by atoms with E-state index in [1.165, 1.54) is 24.2 Å². The van der Waals surface area contributed by atoms with Crippen LogP contribution in [0.1, 0.15) is 16.8 Å². The lowest BCUT2D eigenvalue weighted by atomic mass is 10.1. The summed E-state index contributed by atoms with van der Waals surface area (Å²) in [4.78, 5) is 23.1. The standard InChI is InChI=1S/C19H15Br2ClNO3PS/c1-27(25,26)18(16-10-28-17-3-2-14(22)9-15(16)17)19(24)23-5-4-11-6-12(20)8-13(21)7-11/h2-10,18H,1H3,(H,23,24)(H,25,26). The van der Waals surface area contributed by atoms with Crippen LogP contribution in [0, 0.1) is 0 Å². The Hall–Kier alpha value is -0.950. The first-order chi connectivity index (χ1) is 13.1. The number of halogens is 3. The van der Waals surface area contributed by atoms with Gasteiger partial charge in [0.05, 0.1) is 0 Å². The lowest BCUT2D eigenvalue weighted by Gasteiger charge is -2.18. The number of fused-ring (bicyclic) bond motifs is 1. The largest absolute Gasteiger partial charge is 0.344 e. The molecule has 1 heterocycles. The molecule has 0 fully saturated rings. The first-order valence-corrected chi connectivity index (χ1v) is 13.1. The first-order valence-electron chi connectivity index (χ1n) is 8.05. The topological polar surface area (TPSA) is 66.4 Å². The van der Waals surface area contributed by atoms with Crippen LogP contribution in [0.25, 0.3) is 16.2 Å². The van der Waals surface area contributed by atoms with E-state index in [0.29, 0.717) is 16.0 Å². The zero-order valence-corrected chi connectivity index (χ0v) is 20.2. The number of rotatable bonds is 5. The molecule has 4 nitrogen and oxygen atoms in total. The van der Waals surface area contributed by atoms with Gasteiger partial charge in [-0.15, -0.1) is 11.3 Å². The second kappa shape index (κ2) is 8.82. The summed E-state index contributed by atoms with van der Waals surface area (Å²) in [7, 11) is -3.77.